The lowest BCUT2D eigenvalue weighted by Gasteiger charge is -2.28. The van der Waals surface area contributed by atoms with Gasteiger partial charge in [-0.25, -0.2) is 0 Å². The SMILES string of the molecule is O=C(COC(=O)[C@H]1[C@H]2CC[C@H](C2)[C@@H]1C(=O)c1ccccc1)NNC(=O)c1ccccc1. The van der Waals surface area contributed by atoms with Crippen molar-refractivity contribution in [3.63, 3.8) is 0 Å². The number of carbonyl (C=O) groups is 4. The van der Waals surface area contributed by atoms with Gasteiger partial charge in [0.15, 0.2) is 12.4 Å². The molecule has 0 aliphatic heterocycles. The van der Waals surface area contributed by atoms with Crippen LogP contribution in [0.2, 0.25) is 0 Å². The summed E-state index contributed by atoms with van der Waals surface area (Å²) >= 11 is 0. The molecule has 7 nitrogen and oxygen atoms in total. The van der Waals surface area contributed by atoms with Crippen molar-refractivity contribution in [3.8, 4) is 0 Å². The van der Waals surface area contributed by atoms with Crippen molar-refractivity contribution in [2.45, 2.75) is 19.3 Å². The Morgan fingerprint density at radius 2 is 1.35 bits per heavy atom. The van der Waals surface area contributed by atoms with Gasteiger partial charge in [-0.1, -0.05) is 48.5 Å². The molecule has 0 heterocycles. The molecule has 4 atom stereocenters. The van der Waals surface area contributed by atoms with Gasteiger partial charge in [-0.15, -0.1) is 0 Å². The first kappa shape index (κ1) is 20.8. The third-order valence-corrected chi connectivity index (χ3v) is 6.25. The second-order valence-corrected chi connectivity index (χ2v) is 8.09. The Morgan fingerprint density at radius 1 is 0.774 bits per heavy atom. The van der Waals surface area contributed by atoms with E-state index >= 15 is 0 Å². The lowest BCUT2D eigenvalue weighted by atomic mass is 9.75. The zero-order valence-corrected chi connectivity index (χ0v) is 17.0. The number of hydrogen-bond acceptors (Lipinski definition) is 5. The van der Waals surface area contributed by atoms with Gasteiger partial charge in [-0.3, -0.25) is 30.0 Å². The maximum absolute atomic E-state index is 13.1. The Bertz CT molecular complexity index is 976. The number of Topliss-reactive ketones (excluding diaryl/α,β-unsaturated/α-hetero) is 1. The molecule has 2 aliphatic rings. The Morgan fingerprint density at radius 3 is 2.00 bits per heavy atom. The summed E-state index contributed by atoms with van der Waals surface area (Å²) in [5, 5.41) is 0. The van der Waals surface area contributed by atoms with Crippen LogP contribution in [-0.2, 0) is 14.3 Å². The van der Waals surface area contributed by atoms with E-state index in [9.17, 15) is 19.2 Å². The molecule has 7 heteroatoms. The van der Waals surface area contributed by atoms with E-state index in [1.807, 2.05) is 18.2 Å². The first-order valence-electron chi connectivity index (χ1n) is 10.4. The van der Waals surface area contributed by atoms with E-state index in [4.69, 9.17) is 4.74 Å². The molecule has 0 radical (unpaired) electrons. The second kappa shape index (κ2) is 9.12. The Hall–Kier alpha value is -3.48. The number of hydrazine groups is 1. The predicted molar refractivity (Wildman–Crippen MR) is 112 cm³/mol. The number of carbonyl (C=O) groups excluding carboxylic acids is 4. The van der Waals surface area contributed by atoms with E-state index in [0.29, 0.717) is 11.1 Å². The fraction of sp³-hybridized carbons (Fsp3) is 0.333. The van der Waals surface area contributed by atoms with Gasteiger partial charge < -0.3 is 4.74 Å². The third-order valence-electron chi connectivity index (χ3n) is 6.25. The molecule has 0 unspecified atom stereocenters. The number of fused-ring (bicyclic) bond motifs is 2. The molecule has 160 valence electrons. The van der Waals surface area contributed by atoms with Crippen LogP contribution in [-0.4, -0.2) is 30.2 Å². The molecule has 4 rings (SSSR count). The number of esters is 1. The van der Waals surface area contributed by atoms with Gasteiger partial charge in [0.2, 0.25) is 0 Å². The molecule has 31 heavy (non-hydrogen) atoms. The van der Waals surface area contributed by atoms with Crippen molar-refractivity contribution in [1.29, 1.82) is 0 Å². The van der Waals surface area contributed by atoms with Gasteiger partial charge in [0.1, 0.15) is 0 Å². The quantitative estimate of drug-likeness (QED) is 0.425. The van der Waals surface area contributed by atoms with Crippen molar-refractivity contribution in [2.24, 2.45) is 23.7 Å². The van der Waals surface area contributed by atoms with Crippen LogP contribution in [0.25, 0.3) is 0 Å². The van der Waals surface area contributed by atoms with E-state index in [-0.39, 0.29) is 17.6 Å². The average Bonchev–Trinajstić information content (AvgIpc) is 3.43. The molecule has 2 bridgehead atoms. The number of rotatable bonds is 6. The Labute approximate surface area is 180 Å². The highest BCUT2D eigenvalue weighted by atomic mass is 16.5. The van der Waals surface area contributed by atoms with Gasteiger partial charge in [0, 0.05) is 17.0 Å². The van der Waals surface area contributed by atoms with Gasteiger partial charge in [0.05, 0.1) is 5.92 Å². The highest BCUT2D eigenvalue weighted by Gasteiger charge is 2.54. The lowest BCUT2D eigenvalue weighted by molar-refractivity contribution is -0.155. The second-order valence-electron chi connectivity index (χ2n) is 8.09. The summed E-state index contributed by atoms with van der Waals surface area (Å²) in [6, 6.07) is 17.4. The first-order valence-corrected chi connectivity index (χ1v) is 10.4. The first-order chi connectivity index (χ1) is 15.0. The van der Waals surface area contributed by atoms with Gasteiger partial charge in [-0.05, 0) is 43.2 Å². The zero-order valence-electron chi connectivity index (χ0n) is 17.0. The van der Waals surface area contributed by atoms with Crippen LogP contribution < -0.4 is 10.9 Å². The van der Waals surface area contributed by atoms with E-state index in [1.165, 1.54) is 0 Å². The maximum Gasteiger partial charge on any atom is 0.310 e. The van der Waals surface area contributed by atoms with Crippen LogP contribution >= 0.6 is 0 Å². The molecule has 2 aliphatic carbocycles. The van der Waals surface area contributed by atoms with Crippen LogP contribution in [0.15, 0.2) is 60.7 Å². The molecular formula is C24H24N2O5. The fourth-order valence-corrected chi connectivity index (χ4v) is 4.86. The van der Waals surface area contributed by atoms with Crippen molar-refractivity contribution in [2.75, 3.05) is 6.61 Å². The minimum absolute atomic E-state index is 0.0330. The summed E-state index contributed by atoms with van der Waals surface area (Å²) in [4.78, 5) is 49.9. The van der Waals surface area contributed by atoms with Gasteiger partial charge in [-0.2, -0.15) is 0 Å². The maximum atomic E-state index is 13.1. The number of nitrogens with one attached hydrogen (secondary N) is 2. The summed E-state index contributed by atoms with van der Waals surface area (Å²) in [6.07, 6.45) is 2.66. The van der Waals surface area contributed by atoms with Crippen molar-refractivity contribution in [1.82, 2.24) is 10.9 Å². The molecule has 2 fully saturated rings. The summed E-state index contributed by atoms with van der Waals surface area (Å²) in [5.41, 5.74) is 5.51. The Balaban J connectivity index is 1.32. The summed E-state index contributed by atoms with van der Waals surface area (Å²) in [5.74, 6) is -2.33. The van der Waals surface area contributed by atoms with Crippen LogP contribution in [0.4, 0.5) is 0 Å². The lowest BCUT2D eigenvalue weighted by Crippen LogP contribution is -2.44. The Kier molecular flexibility index (Phi) is 6.11. The van der Waals surface area contributed by atoms with Crippen LogP contribution in [0.5, 0.6) is 0 Å². The van der Waals surface area contributed by atoms with Crippen LogP contribution in [0.1, 0.15) is 40.0 Å². The predicted octanol–water partition coefficient (Wildman–Crippen LogP) is 2.54. The molecule has 2 aromatic rings. The number of amides is 2. The summed E-state index contributed by atoms with van der Waals surface area (Å²) in [7, 11) is 0. The number of hydrogen-bond donors (Lipinski definition) is 2. The van der Waals surface area contributed by atoms with E-state index in [1.54, 1.807) is 42.5 Å². The molecule has 0 saturated heterocycles. The molecule has 2 N–H and O–H groups in total. The summed E-state index contributed by atoms with van der Waals surface area (Å²) in [6.45, 7) is -0.520. The molecule has 0 spiro atoms. The highest BCUT2D eigenvalue weighted by Crippen LogP contribution is 2.53. The number of ketones is 1. The van der Waals surface area contributed by atoms with Gasteiger partial charge in [0.25, 0.3) is 11.8 Å². The standard InChI is InChI=1S/C24H24N2O5/c27-19(25-26-23(29)16-9-5-2-6-10-16)14-31-24(30)21-18-12-11-17(13-18)20(21)22(28)15-7-3-1-4-8-15/h1-10,17-18,20-21H,11-14H2,(H,25,27)(H,26,29)/t17-,18+,20+,21+/m1/s1. The van der Waals surface area contributed by atoms with E-state index in [2.05, 4.69) is 10.9 Å². The molecule has 0 aromatic heterocycles. The van der Waals surface area contributed by atoms with Crippen molar-refractivity contribution < 1.29 is 23.9 Å². The number of ether oxygens (including phenoxy) is 1. The topological polar surface area (TPSA) is 102 Å². The van der Waals surface area contributed by atoms with Crippen LogP contribution in [0, 0.1) is 23.7 Å². The van der Waals surface area contributed by atoms with Gasteiger partial charge >= 0.3 is 5.97 Å². The molecule has 2 amide bonds. The van der Waals surface area contributed by atoms with Crippen LogP contribution in [0.3, 0.4) is 0 Å². The fourth-order valence-electron chi connectivity index (χ4n) is 4.86. The van der Waals surface area contributed by atoms with E-state index < -0.39 is 36.2 Å². The third kappa shape index (κ3) is 4.50. The average molecular weight is 420 g/mol. The smallest absolute Gasteiger partial charge is 0.310 e. The molecular weight excluding hydrogens is 396 g/mol. The molecule has 2 aromatic carbocycles. The monoisotopic (exact) mass is 420 g/mol. The normalized spacial score (nSPS) is 23.7. The zero-order chi connectivity index (χ0) is 21.8. The largest absolute Gasteiger partial charge is 0.455 e. The minimum atomic E-state index is -0.647. The summed E-state index contributed by atoms with van der Waals surface area (Å²) < 4.78 is 5.24. The molecule has 2 saturated carbocycles. The van der Waals surface area contributed by atoms with Crippen molar-refractivity contribution in [3.05, 3.63) is 71.8 Å². The highest BCUT2D eigenvalue weighted by molar-refractivity contribution is 6.01. The minimum Gasteiger partial charge on any atom is -0.455 e. The van der Waals surface area contributed by atoms with Crippen molar-refractivity contribution >= 4 is 23.6 Å². The number of benzene rings is 2. The van der Waals surface area contributed by atoms with E-state index in [0.717, 1.165) is 19.3 Å².